The van der Waals surface area contributed by atoms with E-state index < -0.39 is 0 Å². The van der Waals surface area contributed by atoms with Crippen molar-refractivity contribution in [3.63, 3.8) is 0 Å². The van der Waals surface area contributed by atoms with Crippen molar-refractivity contribution in [2.45, 2.75) is 71.6 Å². The lowest BCUT2D eigenvalue weighted by Crippen LogP contribution is -2.68. The Balaban J connectivity index is 1.75. The molecule has 1 aliphatic heterocycles. The second-order valence-electron chi connectivity index (χ2n) is 7.79. The Morgan fingerprint density at radius 3 is 1.88 bits per heavy atom. The summed E-state index contributed by atoms with van der Waals surface area (Å²) in [6, 6.07) is 0. The van der Waals surface area contributed by atoms with Crippen LogP contribution in [0.2, 0.25) is 0 Å². The molecule has 0 radical (unpaired) electrons. The van der Waals surface area contributed by atoms with Gasteiger partial charge in [-0.2, -0.15) is 0 Å². The Bertz CT molecular complexity index is 257. The second-order valence-corrected chi connectivity index (χ2v) is 7.79. The highest BCUT2D eigenvalue weighted by atomic mass is 16.5. The van der Waals surface area contributed by atoms with Crippen LogP contribution in [-0.4, -0.2) is 35.2 Å². The molecule has 2 fully saturated rings. The van der Waals surface area contributed by atoms with Gasteiger partial charge in [0.2, 0.25) is 0 Å². The van der Waals surface area contributed by atoms with Crippen LogP contribution in [0.15, 0.2) is 0 Å². The highest BCUT2D eigenvalue weighted by molar-refractivity contribution is 5.07. The normalized spacial score (nSPS) is 26.6. The van der Waals surface area contributed by atoms with Crippen molar-refractivity contribution in [2.75, 3.05) is 13.1 Å². The Morgan fingerprint density at radius 1 is 1.00 bits per heavy atom. The molecule has 1 saturated heterocycles. The van der Waals surface area contributed by atoms with Gasteiger partial charge in [-0.25, -0.2) is 0 Å². The van der Waals surface area contributed by atoms with E-state index in [1.54, 1.807) is 0 Å². The molecule has 0 aromatic rings. The van der Waals surface area contributed by atoms with E-state index in [9.17, 15) is 0 Å². The van der Waals surface area contributed by atoms with Gasteiger partial charge in [0.05, 0.1) is 11.7 Å². The maximum absolute atomic E-state index is 6.01. The highest BCUT2D eigenvalue weighted by Gasteiger charge is 2.55. The van der Waals surface area contributed by atoms with E-state index in [1.807, 2.05) is 0 Å². The molecule has 0 N–H and O–H groups in total. The van der Waals surface area contributed by atoms with Gasteiger partial charge in [-0.15, -0.1) is 0 Å². The van der Waals surface area contributed by atoms with Crippen molar-refractivity contribution in [1.82, 2.24) is 4.90 Å². The molecule has 0 bridgehead atoms. The van der Waals surface area contributed by atoms with Crippen LogP contribution in [-0.2, 0) is 4.74 Å². The summed E-state index contributed by atoms with van der Waals surface area (Å²) in [7, 11) is 0. The lowest BCUT2D eigenvalue weighted by molar-refractivity contribution is -0.199. The first kappa shape index (κ1) is 12.4. The van der Waals surface area contributed by atoms with Crippen LogP contribution in [0.4, 0.5) is 0 Å². The number of nitrogens with zero attached hydrogens (tertiary/aromatic N) is 1. The first-order chi connectivity index (χ1) is 7.10. The van der Waals surface area contributed by atoms with Crippen molar-refractivity contribution in [2.24, 2.45) is 5.41 Å². The molecule has 1 saturated carbocycles. The first-order valence-corrected chi connectivity index (χ1v) is 6.53. The molecule has 2 nitrogen and oxygen atoms in total. The maximum atomic E-state index is 6.01. The predicted octanol–water partition coefficient (Wildman–Crippen LogP) is 3.06. The zero-order valence-corrected chi connectivity index (χ0v) is 11.8. The predicted molar refractivity (Wildman–Crippen MR) is 67.6 cm³/mol. The molecule has 0 aromatic heterocycles. The van der Waals surface area contributed by atoms with Crippen LogP contribution in [0.3, 0.4) is 0 Å². The maximum Gasteiger partial charge on any atom is 0.0602 e. The quantitative estimate of drug-likeness (QED) is 0.680. The first-order valence-electron chi connectivity index (χ1n) is 6.53. The monoisotopic (exact) mass is 225 g/mol. The summed E-state index contributed by atoms with van der Waals surface area (Å²) >= 11 is 0. The van der Waals surface area contributed by atoms with Gasteiger partial charge in [0.1, 0.15) is 0 Å². The zero-order chi connectivity index (χ0) is 12.2. The Hall–Kier alpha value is -0.0800. The summed E-state index contributed by atoms with van der Waals surface area (Å²) in [4.78, 5) is 2.58. The fourth-order valence-corrected chi connectivity index (χ4v) is 2.99. The molecule has 94 valence electrons. The molecular formula is C14H27NO. The molecule has 0 amide bonds. The summed E-state index contributed by atoms with van der Waals surface area (Å²) in [5, 5.41) is 0. The molecule has 1 heterocycles. The molecule has 2 heteroatoms. The summed E-state index contributed by atoms with van der Waals surface area (Å²) in [5.41, 5.74) is 0.990. The average molecular weight is 225 g/mol. The minimum absolute atomic E-state index is 0.0275. The van der Waals surface area contributed by atoms with Crippen molar-refractivity contribution in [3.8, 4) is 0 Å². The summed E-state index contributed by atoms with van der Waals surface area (Å²) < 4.78 is 6.01. The molecule has 2 aliphatic rings. The van der Waals surface area contributed by atoms with Gasteiger partial charge >= 0.3 is 0 Å². The van der Waals surface area contributed by atoms with E-state index in [2.05, 4.69) is 46.4 Å². The lowest BCUT2D eigenvalue weighted by atomic mass is 9.60. The van der Waals surface area contributed by atoms with Crippen LogP contribution in [0.25, 0.3) is 0 Å². The van der Waals surface area contributed by atoms with E-state index >= 15 is 0 Å². The van der Waals surface area contributed by atoms with Gasteiger partial charge in [-0.05, 0) is 54.4 Å². The third kappa shape index (κ3) is 2.43. The van der Waals surface area contributed by atoms with Gasteiger partial charge in [0.15, 0.2) is 0 Å². The van der Waals surface area contributed by atoms with E-state index in [-0.39, 0.29) is 5.60 Å². The molecule has 0 aromatic carbocycles. The second kappa shape index (κ2) is 3.46. The van der Waals surface area contributed by atoms with Crippen molar-refractivity contribution in [3.05, 3.63) is 0 Å². The molecule has 0 unspecified atom stereocenters. The van der Waals surface area contributed by atoms with Crippen molar-refractivity contribution >= 4 is 0 Å². The number of ether oxygens (including phenoxy) is 1. The fraction of sp³-hybridized carbons (Fsp3) is 1.00. The third-order valence-corrected chi connectivity index (χ3v) is 3.84. The summed E-state index contributed by atoms with van der Waals surface area (Å²) in [5.74, 6) is 0. The molecule has 0 atom stereocenters. The van der Waals surface area contributed by atoms with Crippen LogP contribution in [0.5, 0.6) is 0 Å². The minimum Gasteiger partial charge on any atom is -0.373 e. The molecule has 1 spiro atoms. The summed E-state index contributed by atoms with van der Waals surface area (Å²) in [6.07, 6.45) is 3.07. The molecule has 1 aliphatic carbocycles. The highest BCUT2D eigenvalue weighted by Crippen LogP contribution is 2.52. The molecule has 16 heavy (non-hydrogen) atoms. The molecule has 2 rings (SSSR count). The Labute approximate surface area is 100 Å². The van der Waals surface area contributed by atoms with Crippen LogP contribution >= 0.6 is 0 Å². The van der Waals surface area contributed by atoms with Crippen LogP contribution in [0, 0.1) is 5.41 Å². The standard InChI is InChI=1S/C14H27NO/c1-12(2,3)15-9-14(10-15)7-11(8-14)16-13(4,5)6/h11H,7-10H2,1-6H3. The van der Waals surface area contributed by atoms with Crippen LogP contribution in [0.1, 0.15) is 54.4 Å². The van der Waals surface area contributed by atoms with E-state index in [1.165, 1.54) is 25.9 Å². The number of rotatable bonds is 1. The Kier molecular flexibility index (Phi) is 2.67. The van der Waals surface area contributed by atoms with Gasteiger partial charge in [0, 0.05) is 24.0 Å². The molecular weight excluding hydrogens is 198 g/mol. The average Bonchev–Trinajstić information content (AvgIpc) is 1.85. The smallest absolute Gasteiger partial charge is 0.0602 e. The summed E-state index contributed by atoms with van der Waals surface area (Å²) in [6.45, 7) is 15.9. The largest absolute Gasteiger partial charge is 0.373 e. The third-order valence-electron chi connectivity index (χ3n) is 3.84. The minimum atomic E-state index is 0.0275. The topological polar surface area (TPSA) is 12.5 Å². The number of likely N-dealkylation sites (tertiary alicyclic amines) is 1. The Morgan fingerprint density at radius 2 is 1.50 bits per heavy atom. The van der Waals surface area contributed by atoms with Crippen molar-refractivity contribution < 1.29 is 4.74 Å². The number of hydrogen-bond acceptors (Lipinski definition) is 2. The SMILES string of the molecule is CC(C)(C)OC1CC2(C1)CN(C(C)(C)C)C2. The fourth-order valence-electron chi connectivity index (χ4n) is 2.99. The van der Waals surface area contributed by atoms with Gasteiger partial charge in [-0.1, -0.05) is 0 Å². The van der Waals surface area contributed by atoms with E-state index in [0.29, 0.717) is 17.1 Å². The van der Waals surface area contributed by atoms with Gasteiger partial charge < -0.3 is 4.74 Å². The van der Waals surface area contributed by atoms with E-state index in [4.69, 9.17) is 4.74 Å². The van der Waals surface area contributed by atoms with Gasteiger partial charge in [0.25, 0.3) is 0 Å². The number of hydrogen-bond donors (Lipinski definition) is 0. The lowest BCUT2D eigenvalue weighted by Gasteiger charge is -2.63. The zero-order valence-electron chi connectivity index (χ0n) is 11.8. The van der Waals surface area contributed by atoms with Crippen LogP contribution < -0.4 is 0 Å². The van der Waals surface area contributed by atoms with Crippen molar-refractivity contribution in [1.29, 1.82) is 0 Å². The van der Waals surface area contributed by atoms with E-state index in [0.717, 1.165) is 0 Å². The van der Waals surface area contributed by atoms with Gasteiger partial charge in [-0.3, -0.25) is 4.90 Å².